The lowest BCUT2D eigenvalue weighted by atomic mass is 10.0. The molecule has 0 aliphatic carbocycles. The van der Waals surface area contributed by atoms with Crippen LogP contribution in [0.2, 0.25) is 0 Å². The lowest BCUT2D eigenvalue weighted by Crippen LogP contribution is -2.39. The minimum absolute atomic E-state index is 0.182. The summed E-state index contributed by atoms with van der Waals surface area (Å²) in [5.41, 5.74) is 9.12. The number of hydrazine groups is 1. The van der Waals surface area contributed by atoms with E-state index in [2.05, 4.69) is 26.1 Å². The minimum atomic E-state index is -1.02. The van der Waals surface area contributed by atoms with E-state index in [4.69, 9.17) is 9.73 Å². The van der Waals surface area contributed by atoms with Crippen molar-refractivity contribution in [3.8, 4) is 0 Å². The number of nitrogens with one attached hydrogen (secondary N) is 3. The number of nitrogens with zero attached hydrogens (tertiary/aromatic N) is 3. The molecule has 2 atom stereocenters. The molecular weight excluding hydrogens is 392 g/mol. The molecule has 2 aromatic carbocycles. The van der Waals surface area contributed by atoms with Gasteiger partial charge in [-0.05, 0) is 25.1 Å². The Bertz CT molecular complexity index is 1180. The van der Waals surface area contributed by atoms with Crippen molar-refractivity contribution in [1.29, 1.82) is 0 Å². The quantitative estimate of drug-likeness (QED) is 0.614. The highest BCUT2D eigenvalue weighted by molar-refractivity contribution is 6.19. The molecule has 3 N–H and O–H groups in total. The van der Waals surface area contributed by atoms with Gasteiger partial charge in [0.1, 0.15) is 0 Å². The van der Waals surface area contributed by atoms with Crippen LogP contribution in [0.4, 0.5) is 5.69 Å². The molecule has 0 saturated carbocycles. The molecule has 0 radical (unpaired) electrons. The predicted molar refractivity (Wildman–Crippen MR) is 117 cm³/mol. The number of hydrogen-bond donors (Lipinski definition) is 3. The van der Waals surface area contributed by atoms with Crippen LogP contribution < -0.4 is 16.2 Å². The van der Waals surface area contributed by atoms with Gasteiger partial charge < -0.3 is 10.1 Å². The molecule has 0 bridgehead atoms. The summed E-state index contributed by atoms with van der Waals surface area (Å²) >= 11 is 0. The second-order valence-corrected chi connectivity index (χ2v) is 7.31. The molecule has 8 heteroatoms. The standard InChI is InChI=1S/C23H20N6O2/c1-23(16-11-13-24-14-12-16)29-28-22(31-23)27-20-21(30)25-18-10-6-5-9-17(18)19(26-20)15-7-3-2-4-8-15/h2-14,20,29H,1H3,(H,25,30)(H,27,28). The van der Waals surface area contributed by atoms with Crippen LogP contribution in [0.25, 0.3) is 0 Å². The Labute approximate surface area is 179 Å². The van der Waals surface area contributed by atoms with Crippen molar-refractivity contribution >= 4 is 23.3 Å². The number of rotatable bonds is 3. The maximum Gasteiger partial charge on any atom is 0.304 e. The van der Waals surface area contributed by atoms with Gasteiger partial charge in [0.05, 0.1) is 11.4 Å². The van der Waals surface area contributed by atoms with Gasteiger partial charge in [-0.15, -0.1) is 0 Å². The Morgan fingerprint density at radius 1 is 1.00 bits per heavy atom. The van der Waals surface area contributed by atoms with Gasteiger partial charge in [0, 0.05) is 29.1 Å². The van der Waals surface area contributed by atoms with Crippen LogP contribution in [0, 0.1) is 0 Å². The number of pyridine rings is 1. The van der Waals surface area contributed by atoms with Crippen LogP contribution in [0.3, 0.4) is 0 Å². The number of amides is 1. The monoisotopic (exact) mass is 412 g/mol. The van der Waals surface area contributed by atoms with Gasteiger partial charge in [-0.2, -0.15) is 10.4 Å². The van der Waals surface area contributed by atoms with Crippen LogP contribution in [0.1, 0.15) is 23.6 Å². The number of benzene rings is 2. The maximum atomic E-state index is 12.9. The van der Waals surface area contributed by atoms with Crippen molar-refractivity contribution in [2.75, 3.05) is 5.32 Å². The number of amidine groups is 1. The van der Waals surface area contributed by atoms with Crippen molar-refractivity contribution < 1.29 is 9.53 Å². The largest absolute Gasteiger partial charge is 0.437 e. The predicted octanol–water partition coefficient (Wildman–Crippen LogP) is 2.55. The summed E-state index contributed by atoms with van der Waals surface area (Å²) < 4.78 is 6.00. The third kappa shape index (κ3) is 3.64. The Kier molecular flexibility index (Phi) is 4.68. The zero-order valence-corrected chi connectivity index (χ0v) is 16.7. The van der Waals surface area contributed by atoms with E-state index in [0.717, 1.165) is 16.7 Å². The third-order valence-corrected chi connectivity index (χ3v) is 5.15. The number of fused-ring (bicyclic) bond motifs is 1. The first-order valence-corrected chi connectivity index (χ1v) is 9.86. The number of anilines is 1. The van der Waals surface area contributed by atoms with Gasteiger partial charge in [0.15, 0.2) is 0 Å². The molecule has 1 aromatic heterocycles. The summed E-state index contributed by atoms with van der Waals surface area (Å²) in [7, 11) is 0. The van der Waals surface area contributed by atoms with Crippen molar-refractivity contribution in [3.05, 3.63) is 95.8 Å². The number of hydrogen-bond acceptors (Lipinski definition) is 6. The summed E-state index contributed by atoms with van der Waals surface area (Å²) in [4.78, 5) is 26.1. The normalized spacial score (nSPS) is 23.8. The molecule has 2 unspecified atom stereocenters. The smallest absolute Gasteiger partial charge is 0.304 e. The molecule has 5 rings (SSSR count). The van der Waals surface area contributed by atoms with Crippen molar-refractivity contribution in [3.63, 3.8) is 0 Å². The molecule has 1 fully saturated rings. The lowest BCUT2D eigenvalue weighted by Gasteiger charge is -2.21. The van der Waals surface area contributed by atoms with Gasteiger partial charge in [-0.1, -0.05) is 48.5 Å². The van der Waals surface area contributed by atoms with Gasteiger partial charge >= 0.3 is 6.02 Å². The van der Waals surface area contributed by atoms with E-state index in [1.54, 1.807) is 12.4 Å². The summed E-state index contributed by atoms with van der Waals surface area (Å²) in [5, 5.41) is 2.93. The molecule has 3 heterocycles. The highest BCUT2D eigenvalue weighted by atomic mass is 16.6. The minimum Gasteiger partial charge on any atom is -0.437 e. The highest BCUT2D eigenvalue weighted by Gasteiger charge is 2.37. The maximum absolute atomic E-state index is 12.9. The number of benzodiazepines with no additional fused rings is 1. The number of aliphatic imine (C=N–C) groups is 2. The summed E-state index contributed by atoms with van der Waals surface area (Å²) in [5.74, 6) is -0.339. The SMILES string of the molecule is CC1(c2ccncc2)NN/C(=N\C2N=C(c3ccccc3)c3ccccc3NC2=O)O1. The highest BCUT2D eigenvalue weighted by Crippen LogP contribution is 2.27. The molecule has 1 saturated heterocycles. The van der Waals surface area contributed by atoms with E-state index >= 15 is 0 Å². The van der Waals surface area contributed by atoms with Crippen molar-refractivity contribution in [2.45, 2.75) is 18.8 Å². The molecule has 31 heavy (non-hydrogen) atoms. The molecule has 2 aliphatic heterocycles. The Balaban J connectivity index is 1.52. The van der Waals surface area contributed by atoms with Gasteiger partial charge in [-0.25, -0.2) is 4.99 Å². The molecule has 154 valence electrons. The second-order valence-electron chi connectivity index (χ2n) is 7.31. The molecule has 3 aromatic rings. The molecule has 1 amide bonds. The van der Waals surface area contributed by atoms with Gasteiger partial charge in [-0.3, -0.25) is 15.2 Å². The fourth-order valence-corrected chi connectivity index (χ4v) is 3.55. The van der Waals surface area contributed by atoms with Crippen LogP contribution in [0.15, 0.2) is 89.1 Å². The zero-order chi connectivity index (χ0) is 21.3. The van der Waals surface area contributed by atoms with Crippen LogP contribution >= 0.6 is 0 Å². The van der Waals surface area contributed by atoms with Crippen LogP contribution in [-0.2, 0) is 15.3 Å². The third-order valence-electron chi connectivity index (χ3n) is 5.15. The lowest BCUT2D eigenvalue weighted by molar-refractivity contribution is -0.117. The van der Waals surface area contributed by atoms with E-state index in [1.807, 2.05) is 73.7 Å². The number of carbonyl (C=O) groups is 1. The summed E-state index contributed by atoms with van der Waals surface area (Å²) in [6.45, 7) is 1.86. The van der Waals surface area contributed by atoms with E-state index in [9.17, 15) is 4.79 Å². The summed E-state index contributed by atoms with van der Waals surface area (Å²) in [6, 6.07) is 21.2. The van der Waals surface area contributed by atoms with Crippen molar-refractivity contribution in [1.82, 2.24) is 15.8 Å². The fourth-order valence-electron chi connectivity index (χ4n) is 3.55. The topological polar surface area (TPSA) is 100 Å². The van der Waals surface area contributed by atoms with Crippen molar-refractivity contribution in [2.24, 2.45) is 9.98 Å². The number of para-hydroxylation sites is 1. The van der Waals surface area contributed by atoms with Crippen LogP contribution in [0.5, 0.6) is 0 Å². The number of ether oxygens (including phenoxy) is 1. The Morgan fingerprint density at radius 2 is 1.74 bits per heavy atom. The number of carbonyl (C=O) groups excluding carboxylic acids is 1. The van der Waals surface area contributed by atoms with Gasteiger partial charge in [0.25, 0.3) is 5.91 Å². The van der Waals surface area contributed by atoms with E-state index in [1.165, 1.54) is 0 Å². The van der Waals surface area contributed by atoms with Crippen LogP contribution in [-0.4, -0.2) is 28.8 Å². The first-order valence-electron chi connectivity index (χ1n) is 9.86. The fraction of sp³-hybridized carbons (Fsp3) is 0.130. The molecule has 8 nitrogen and oxygen atoms in total. The first kappa shape index (κ1) is 19.0. The average Bonchev–Trinajstić information content (AvgIpc) is 3.13. The molecule has 2 aliphatic rings. The second kappa shape index (κ2) is 7.66. The molecular formula is C23H20N6O2. The summed E-state index contributed by atoms with van der Waals surface area (Å²) in [6.07, 6.45) is 2.35. The Hall–Kier alpha value is -4.04. The van der Waals surface area contributed by atoms with E-state index in [-0.39, 0.29) is 11.9 Å². The number of aromatic nitrogens is 1. The van der Waals surface area contributed by atoms with E-state index in [0.29, 0.717) is 11.4 Å². The van der Waals surface area contributed by atoms with E-state index < -0.39 is 11.9 Å². The zero-order valence-electron chi connectivity index (χ0n) is 16.7. The van der Waals surface area contributed by atoms with Gasteiger partial charge in [0.2, 0.25) is 11.9 Å². The first-order chi connectivity index (χ1) is 15.1. The Morgan fingerprint density at radius 3 is 2.55 bits per heavy atom. The average molecular weight is 412 g/mol. The molecule has 0 spiro atoms.